The molecule has 2 aromatic rings. The molecule has 0 unspecified atom stereocenters. The second-order valence-electron chi connectivity index (χ2n) is 4.05. The van der Waals surface area contributed by atoms with E-state index in [0.29, 0.717) is 0 Å². The highest BCUT2D eigenvalue weighted by atomic mass is 32.1. The Morgan fingerprint density at radius 1 is 1.31 bits per heavy atom. The Hall–Kier alpha value is -1.26. The third kappa shape index (κ3) is 2.28. The standard InChI is InChI=1S/C12H13N3S/c1-2-6-13-11(3-1)12-7-10(16-15-12)8-14-9-4-5-9/h1-3,6-7,9,14H,4-5,8H2. The van der Waals surface area contributed by atoms with E-state index in [-0.39, 0.29) is 0 Å². The lowest BCUT2D eigenvalue weighted by atomic mass is 10.2. The molecule has 0 aliphatic heterocycles. The molecule has 3 rings (SSSR count). The maximum absolute atomic E-state index is 4.42. The van der Waals surface area contributed by atoms with Gasteiger partial charge in [0.25, 0.3) is 0 Å². The summed E-state index contributed by atoms with van der Waals surface area (Å²) in [5.41, 5.74) is 1.94. The first kappa shape index (κ1) is 9.93. The number of rotatable bonds is 4. The molecule has 3 nitrogen and oxygen atoms in total. The van der Waals surface area contributed by atoms with Gasteiger partial charge < -0.3 is 5.32 Å². The van der Waals surface area contributed by atoms with Crippen LogP contribution in [0.1, 0.15) is 17.7 Å². The molecular formula is C12H13N3S. The summed E-state index contributed by atoms with van der Waals surface area (Å²) < 4.78 is 4.42. The molecule has 1 aliphatic carbocycles. The Morgan fingerprint density at radius 3 is 3.00 bits per heavy atom. The monoisotopic (exact) mass is 231 g/mol. The third-order valence-corrected chi connectivity index (χ3v) is 3.41. The minimum absolute atomic E-state index is 0.750. The molecule has 4 heteroatoms. The summed E-state index contributed by atoms with van der Waals surface area (Å²) in [5.74, 6) is 0. The second kappa shape index (κ2) is 4.31. The van der Waals surface area contributed by atoms with Gasteiger partial charge in [0, 0.05) is 23.7 Å². The van der Waals surface area contributed by atoms with Crippen molar-refractivity contribution in [2.75, 3.05) is 0 Å². The van der Waals surface area contributed by atoms with Crippen molar-refractivity contribution in [2.24, 2.45) is 0 Å². The lowest BCUT2D eigenvalue weighted by Gasteiger charge is -1.96. The van der Waals surface area contributed by atoms with Gasteiger partial charge in [0.05, 0.1) is 5.69 Å². The zero-order chi connectivity index (χ0) is 10.8. The topological polar surface area (TPSA) is 37.8 Å². The van der Waals surface area contributed by atoms with Gasteiger partial charge in [-0.15, -0.1) is 0 Å². The Kier molecular flexibility index (Phi) is 2.68. The van der Waals surface area contributed by atoms with Crippen LogP contribution in [0.5, 0.6) is 0 Å². The second-order valence-corrected chi connectivity index (χ2v) is 4.94. The molecule has 0 amide bonds. The van der Waals surface area contributed by atoms with Gasteiger partial charge >= 0.3 is 0 Å². The van der Waals surface area contributed by atoms with Crippen molar-refractivity contribution >= 4 is 11.5 Å². The highest BCUT2D eigenvalue weighted by Gasteiger charge is 2.20. The van der Waals surface area contributed by atoms with Crippen molar-refractivity contribution < 1.29 is 0 Å². The van der Waals surface area contributed by atoms with Gasteiger partial charge in [-0.3, -0.25) is 4.98 Å². The Balaban J connectivity index is 1.71. The van der Waals surface area contributed by atoms with Crippen LogP contribution in [0.4, 0.5) is 0 Å². The van der Waals surface area contributed by atoms with E-state index in [1.165, 1.54) is 17.7 Å². The highest BCUT2D eigenvalue weighted by Crippen LogP contribution is 2.22. The molecule has 2 heterocycles. The van der Waals surface area contributed by atoms with Crippen LogP contribution in [-0.2, 0) is 6.54 Å². The maximum Gasteiger partial charge on any atom is 0.103 e. The van der Waals surface area contributed by atoms with Gasteiger partial charge in [-0.2, -0.15) is 4.37 Å². The van der Waals surface area contributed by atoms with Gasteiger partial charge in [0.2, 0.25) is 0 Å². The van der Waals surface area contributed by atoms with Crippen LogP contribution >= 0.6 is 11.5 Å². The molecule has 0 saturated heterocycles. The fraction of sp³-hybridized carbons (Fsp3) is 0.333. The van der Waals surface area contributed by atoms with E-state index in [4.69, 9.17) is 0 Å². The number of nitrogens with one attached hydrogen (secondary N) is 1. The van der Waals surface area contributed by atoms with Gasteiger partial charge in [-0.05, 0) is 42.6 Å². The predicted octanol–water partition coefficient (Wildman–Crippen LogP) is 2.46. The van der Waals surface area contributed by atoms with Crippen molar-refractivity contribution in [3.05, 3.63) is 35.3 Å². The van der Waals surface area contributed by atoms with Gasteiger partial charge in [0.1, 0.15) is 5.69 Å². The Bertz CT molecular complexity index is 462. The number of aromatic nitrogens is 2. The zero-order valence-corrected chi connectivity index (χ0v) is 9.70. The molecule has 1 N–H and O–H groups in total. The highest BCUT2D eigenvalue weighted by molar-refractivity contribution is 7.06. The van der Waals surface area contributed by atoms with Crippen LogP contribution in [0.3, 0.4) is 0 Å². The number of pyridine rings is 1. The van der Waals surface area contributed by atoms with Crippen LogP contribution in [0.2, 0.25) is 0 Å². The van der Waals surface area contributed by atoms with Crippen LogP contribution in [-0.4, -0.2) is 15.4 Å². The summed E-state index contributed by atoms with van der Waals surface area (Å²) in [6.45, 7) is 0.940. The van der Waals surface area contributed by atoms with E-state index >= 15 is 0 Å². The summed E-state index contributed by atoms with van der Waals surface area (Å²) in [6, 6.07) is 8.78. The van der Waals surface area contributed by atoms with E-state index in [0.717, 1.165) is 24.0 Å². The number of hydrogen-bond acceptors (Lipinski definition) is 4. The van der Waals surface area contributed by atoms with E-state index in [1.54, 1.807) is 17.7 Å². The van der Waals surface area contributed by atoms with E-state index < -0.39 is 0 Å². The Morgan fingerprint density at radius 2 is 2.25 bits per heavy atom. The fourth-order valence-corrected chi connectivity index (χ4v) is 2.24. The van der Waals surface area contributed by atoms with Gasteiger partial charge in [-0.25, -0.2) is 0 Å². The molecule has 1 saturated carbocycles. The van der Waals surface area contributed by atoms with E-state index in [1.807, 2.05) is 18.2 Å². The SMILES string of the molecule is c1ccc(-c2cc(CNC3CC3)sn2)nc1. The smallest absolute Gasteiger partial charge is 0.103 e. The normalized spacial score (nSPS) is 15.2. The Labute approximate surface area is 98.7 Å². The molecule has 0 atom stereocenters. The molecule has 2 aromatic heterocycles. The van der Waals surface area contributed by atoms with Crippen LogP contribution in [0.15, 0.2) is 30.5 Å². The molecule has 16 heavy (non-hydrogen) atoms. The maximum atomic E-state index is 4.42. The van der Waals surface area contributed by atoms with Gasteiger partial charge in [-0.1, -0.05) is 6.07 Å². The van der Waals surface area contributed by atoms with Crippen molar-refractivity contribution in [1.82, 2.24) is 14.7 Å². The lowest BCUT2D eigenvalue weighted by molar-refractivity contribution is 0.695. The lowest BCUT2D eigenvalue weighted by Crippen LogP contribution is -2.14. The van der Waals surface area contributed by atoms with Crippen molar-refractivity contribution in [1.29, 1.82) is 0 Å². The van der Waals surface area contributed by atoms with Crippen molar-refractivity contribution in [2.45, 2.75) is 25.4 Å². The minimum atomic E-state index is 0.750. The first-order valence-corrected chi connectivity index (χ1v) is 6.29. The van der Waals surface area contributed by atoms with Crippen LogP contribution in [0, 0.1) is 0 Å². The zero-order valence-electron chi connectivity index (χ0n) is 8.89. The van der Waals surface area contributed by atoms with Crippen LogP contribution in [0.25, 0.3) is 11.4 Å². The molecule has 0 spiro atoms. The molecule has 82 valence electrons. The molecule has 1 aliphatic rings. The minimum Gasteiger partial charge on any atom is -0.309 e. The first-order chi connectivity index (χ1) is 7.92. The molecule has 0 aromatic carbocycles. The van der Waals surface area contributed by atoms with Crippen molar-refractivity contribution in [3.63, 3.8) is 0 Å². The fourth-order valence-electron chi connectivity index (χ4n) is 1.56. The van der Waals surface area contributed by atoms with Gasteiger partial charge in [0.15, 0.2) is 0 Å². The van der Waals surface area contributed by atoms with E-state index in [9.17, 15) is 0 Å². The number of hydrogen-bond donors (Lipinski definition) is 1. The van der Waals surface area contributed by atoms with Crippen LogP contribution < -0.4 is 5.32 Å². The average molecular weight is 231 g/mol. The quantitative estimate of drug-likeness (QED) is 0.878. The summed E-state index contributed by atoms with van der Waals surface area (Å²) in [6.07, 6.45) is 4.45. The summed E-state index contributed by atoms with van der Waals surface area (Å²) in [5, 5.41) is 3.49. The third-order valence-electron chi connectivity index (χ3n) is 2.63. The van der Waals surface area contributed by atoms with E-state index in [2.05, 4.69) is 20.7 Å². The average Bonchev–Trinajstić information content (AvgIpc) is 3.05. The summed E-state index contributed by atoms with van der Waals surface area (Å²) in [7, 11) is 0. The summed E-state index contributed by atoms with van der Waals surface area (Å²) >= 11 is 1.56. The largest absolute Gasteiger partial charge is 0.309 e. The molecule has 0 bridgehead atoms. The molecule has 0 radical (unpaired) electrons. The molecule has 1 fully saturated rings. The van der Waals surface area contributed by atoms with Crippen molar-refractivity contribution in [3.8, 4) is 11.4 Å². The number of nitrogens with zero attached hydrogens (tertiary/aromatic N) is 2. The predicted molar refractivity (Wildman–Crippen MR) is 65.2 cm³/mol. The first-order valence-electron chi connectivity index (χ1n) is 5.52. The summed E-state index contributed by atoms with van der Waals surface area (Å²) in [4.78, 5) is 5.58. The molecular weight excluding hydrogens is 218 g/mol.